The highest BCUT2D eigenvalue weighted by atomic mass is 35.5. The number of ketones is 1. The van der Waals surface area contributed by atoms with Crippen LogP contribution in [-0.4, -0.2) is 49.2 Å². The number of hydrogen-bond acceptors (Lipinski definition) is 2. The molecule has 2 amide bonds. The van der Waals surface area contributed by atoms with E-state index < -0.39 is 66.0 Å². The standard InChI is InChI=1S/C23H16Cl3F9N2O2/c1-37(20(39)36-10-21(27,28)29)9-18(38)13-4-2-11(6-15(13)23(33,34)35)3-5-14(22(30,31)32)12-7-16(24)19(26)17(25)8-12/h2-8,14H,9-10H2,1H3,(H,36,39)/b5-3+. The Kier molecular flexibility index (Phi) is 10.2. The van der Waals surface area contributed by atoms with Gasteiger partial charge in [-0.2, -0.15) is 39.5 Å². The molecule has 0 aliphatic rings. The third-order valence-electron chi connectivity index (χ3n) is 5.02. The number of Topliss-reactive ketones (excluding diaryl/α,β-unsaturated/α-hetero) is 1. The predicted molar refractivity (Wildman–Crippen MR) is 127 cm³/mol. The zero-order valence-electron chi connectivity index (χ0n) is 19.3. The van der Waals surface area contributed by atoms with Crippen LogP contribution in [0.15, 0.2) is 36.4 Å². The monoisotopic (exact) mass is 628 g/mol. The molecule has 0 saturated carbocycles. The fourth-order valence-corrected chi connectivity index (χ4v) is 3.81. The lowest BCUT2D eigenvalue weighted by atomic mass is 9.95. The van der Waals surface area contributed by atoms with Gasteiger partial charge in [-0.05, 0) is 29.3 Å². The van der Waals surface area contributed by atoms with Crippen molar-refractivity contribution >= 4 is 52.7 Å². The maximum Gasteiger partial charge on any atom is 0.417 e. The van der Waals surface area contributed by atoms with Gasteiger partial charge in [-0.1, -0.05) is 59.1 Å². The highest BCUT2D eigenvalue weighted by molar-refractivity contribution is 6.48. The molecule has 214 valence electrons. The summed E-state index contributed by atoms with van der Waals surface area (Å²) in [5.41, 5.74) is -3.28. The van der Waals surface area contributed by atoms with E-state index in [1.165, 1.54) is 5.32 Å². The van der Waals surface area contributed by atoms with E-state index in [2.05, 4.69) is 0 Å². The fraction of sp³-hybridized carbons (Fsp3) is 0.304. The molecular weight excluding hydrogens is 614 g/mol. The fourth-order valence-electron chi connectivity index (χ4n) is 3.20. The Morgan fingerprint density at radius 3 is 2.00 bits per heavy atom. The molecule has 4 nitrogen and oxygen atoms in total. The average Bonchev–Trinajstić information content (AvgIpc) is 2.78. The number of nitrogens with zero attached hydrogens (tertiary/aromatic N) is 1. The van der Waals surface area contributed by atoms with Gasteiger partial charge in [-0.15, -0.1) is 0 Å². The normalized spacial score (nSPS) is 13.5. The van der Waals surface area contributed by atoms with Crippen LogP contribution in [0.5, 0.6) is 0 Å². The number of urea groups is 1. The van der Waals surface area contributed by atoms with Gasteiger partial charge >= 0.3 is 24.6 Å². The van der Waals surface area contributed by atoms with E-state index in [1.807, 2.05) is 0 Å². The molecule has 0 fully saturated rings. The Morgan fingerprint density at radius 1 is 0.949 bits per heavy atom. The number of rotatable bonds is 7. The van der Waals surface area contributed by atoms with Crippen molar-refractivity contribution < 1.29 is 49.1 Å². The van der Waals surface area contributed by atoms with Gasteiger partial charge in [0.1, 0.15) is 6.54 Å². The number of likely N-dealkylation sites (N-methyl/N-ethyl adjacent to an activating group) is 1. The van der Waals surface area contributed by atoms with Gasteiger partial charge in [0.25, 0.3) is 0 Å². The first-order valence-electron chi connectivity index (χ1n) is 10.4. The second-order valence-electron chi connectivity index (χ2n) is 8.03. The largest absolute Gasteiger partial charge is 0.417 e. The van der Waals surface area contributed by atoms with Crippen LogP contribution >= 0.6 is 34.8 Å². The second kappa shape index (κ2) is 12.3. The minimum atomic E-state index is -5.15. The number of nitrogens with one attached hydrogen (secondary N) is 1. The molecule has 2 aromatic carbocycles. The van der Waals surface area contributed by atoms with Gasteiger partial charge in [-0.3, -0.25) is 4.79 Å². The van der Waals surface area contributed by atoms with Crippen molar-refractivity contribution in [1.82, 2.24) is 10.2 Å². The molecule has 16 heteroatoms. The van der Waals surface area contributed by atoms with Crippen molar-refractivity contribution in [3.05, 3.63) is 73.7 Å². The van der Waals surface area contributed by atoms with E-state index in [9.17, 15) is 49.1 Å². The quantitative estimate of drug-likeness (QED) is 0.190. The van der Waals surface area contributed by atoms with Crippen LogP contribution in [0.1, 0.15) is 33.0 Å². The second-order valence-corrected chi connectivity index (χ2v) is 9.23. The molecule has 0 saturated heterocycles. The van der Waals surface area contributed by atoms with Gasteiger partial charge in [0, 0.05) is 12.6 Å². The predicted octanol–water partition coefficient (Wildman–Crippen LogP) is 8.41. The van der Waals surface area contributed by atoms with Crippen molar-refractivity contribution in [1.29, 1.82) is 0 Å². The highest BCUT2D eigenvalue weighted by Crippen LogP contribution is 2.41. The molecule has 0 aliphatic carbocycles. The average molecular weight is 630 g/mol. The molecule has 2 aromatic rings. The maximum absolute atomic E-state index is 13.7. The Bertz CT molecular complexity index is 1240. The lowest BCUT2D eigenvalue weighted by Gasteiger charge is -2.20. The van der Waals surface area contributed by atoms with E-state index >= 15 is 0 Å². The summed E-state index contributed by atoms with van der Waals surface area (Å²) in [6, 6.07) is 2.48. The van der Waals surface area contributed by atoms with Crippen molar-refractivity contribution in [2.24, 2.45) is 0 Å². The Balaban J connectivity index is 2.37. The van der Waals surface area contributed by atoms with Gasteiger partial charge in [0.15, 0.2) is 5.78 Å². The Hall–Kier alpha value is -2.64. The molecule has 0 heterocycles. The Labute approximate surface area is 230 Å². The molecular formula is C23H16Cl3F9N2O2. The number of allylic oxidation sites excluding steroid dienone is 1. The molecule has 0 bridgehead atoms. The van der Waals surface area contributed by atoms with Crippen LogP contribution < -0.4 is 5.32 Å². The molecule has 1 N–H and O–H groups in total. The Morgan fingerprint density at radius 2 is 1.51 bits per heavy atom. The van der Waals surface area contributed by atoms with Crippen molar-refractivity contribution in [3.63, 3.8) is 0 Å². The minimum Gasteiger partial charge on any atom is -0.329 e. The molecule has 0 radical (unpaired) electrons. The first-order valence-corrected chi connectivity index (χ1v) is 11.5. The molecule has 1 atom stereocenters. The topological polar surface area (TPSA) is 49.4 Å². The van der Waals surface area contributed by atoms with Crippen LogP contribution in [0, 0.1) is 0 Å². The summed E-state index contributed by atoms with van der Waals surface area (Å²) in [4.78, 5) is 24.6. The molecule has 0 spiro atoms. The van der Waals surface area contributed by atoms with E-state index in [0.717, 1.165) is 31.3 Å². The first kappa shape index (κ1) is 32.6. The SMILES string of the molecule is CN(CC(=O)c1ccc(/C=C/C(c2cc(Cl)c(Cl)c(Cl)c2)C(F)(F)F)cc1C(F)(F)F)C(=O)NCC(F)(F)F. The zero-order chi connectivity index (χ0) is 29.9. The molecule has 0 aromatic heterocycles. The maximum atomic E-state index is 13.7. The van der Waals surface area contributed by atoms with Gasteiger partial charge in [0.2, 0.25) is 0 Å². The number of benzene rings is 2. The van der Waals surface area contributed by atoms with Gasteiger partial charge < -0.3 is 10.2 Å². The van der Waals surface area contributed by atoms with Crippen LogP contribution in [-0.2, 0) is 6.18 Å². The summed E-state index contributed by atoms with van der Waals surface area (Å²) in [7, 11) is 0.889. The third kappa shape index (κ3) is 9.21. The zero-order valence-corrected chi connectivity index (χ0v) is 21.6. The first-order chi connectivity index (χ1) is 17.7. The van der Waals surface area contributed by atoms with E-state index in [0.29, 0.717) is 23.1 Å². The van der Waals surface area contributed by atoms with Crippen molar-refractivity contribution in [2.45, 2.75) is 24.4 Å². The smallest absolute Gasteiger partial charge is 0.329 e. The summed E-state index contributed by atoms with van der Waals surface area (Å²) < 4.78 is 119. The molecule has 1 unspecified atom stereocenters. The lowest BCUT2D eigenvalue weighted by molar-refractivity contribution is -0.139. The molecule has 2 rings (SSSR count). The number of carbonyl (C=O) groups is 2. The molecule has 0 aliphatic heterocycles. The van der Waals surface area contributed by atoms with Crippen LogP contribution in [0.3, 0.4) is 0 Å². The number of hydrogen-bond donors (Lipinski definition) is 1. The van der Waals surface area contributed by atoms with Crippen molar-refractivity contribution in [2.75, 3.05) is 20.1 Å². The van der Waals surface area contributed by atoms with E-state index in [1.54, 1.807) is 0 Å². The number of amides is 2. The van der Waals surface area contributed by atoms with E-state index in [-0.39, 0.29) is 20.6 Å². The van der Waals surface area contributed by atoms with Crippen molar-refractivity contribution in [3.8, 4) is 0 Å². The summed E-state index contributed by atoms with van der Waals surface area (Å²) in [5, 5.41) is 0.716. The molecule has 39 heavy (non-hydrogen) atoms. The van der Waals surface area contributed by atoms with Gasteiger partial charge in [-0.25, -0.2) is 4.79 Å². The summed E-state index contributed by atoms with van der Waals surface area (Å²) in [6.07, 6.45) is -13.5. The summed E-state index contributed by atoms with van der Waals surface area (Å²) in [6.45, 7) is -2.75. The van der Waals surface area contributed by atoms with Gasteiger partial charge in [0.05, 0.1) is 33.1 Å². The third-order valence-corrected chi connectivity index (χ3v) is 6.21. The van der Waals surface area contributed by atoms with Crippen LogP contribution in [0.25, 0.3) is 6.08 Å². The summed E-state index contributed by atoms with van der Waals surface area (Å²) >= 11 is 17.4. The number of halogens is 12. The van der Waals surface area contributed by atoms with Crippen LogP contribution in [0.4, 0.5) is 44.3 Å². The number of carbonyl (C=O) groups excluding carboxylic acids is 2. The highest BCUT2D eigenvalue weighted by Gasteiger charge is 2.40. The van der Waals surface area contributed by atoms with E-state index in [4.69, 9.17) is 34.8 Å². The van der Waals surface area contributed by atoms with Crippen LogP contribution in [0.2, 0.25) is 15.1 Å². The summed E-state index contributed by atoms with van der Waals surface area (Å²) in [5.74, 6) is -3.62. The minimum absolute atomic E-state index is 0.189. The number of alkyl halides is 9. The lowest BCUT2D eigenvalue weighted by Crippen LogP contribution is -2.43.